The minimum atomic E-state index is -3.56. The van der Waals surface area contributed by atoms with Gasteiger partial charge in [0, 0.05) is 4.47 Å². The Morgan fingerprint density at radius 1 is 1.14 bits per heavy atom. The molecule has 0 saturated heterocycles. The van der Waals surface area contributed by atoms with Gasteiger partial charge in [0.25, 0.3) is 0 Å². The first-order chi connectivity index (χ1) is 13.3. The molecular formula is C19H19BrN4O3S. The zero-order chi connectivity index (χ0) is 20.1. The van der Waals surface area contributed by atoms with E-state index in [1.807, 2.05) is 31.2 Å². The zero-order valence-electron chi connectivity index (χ0n) is 15.1. The van der Waals surface area contributed by atoms with Crippen LogP contribution >= 0.6 is 15.9 Å². The van der Waals surface area contributed by atoms with Crippen molar-refractivity contribution in [2.75, 3.05) is 5.75 Å². The summed E-state index contributed by atoms with van der Waals surface area (Å²) in [6.07, 6.45) is 3.04. The van der Waals surface area contributed by atoms with Gasteiger partial charge in [0.05, 0.1) is 17.5 Å². The molecule has 1 atom stereocenters. The number of rotatable bonds is 7. The van der Waals surface area contributed by atoms with Gasteiger partial charge in [0.2, 0.25) is 5.91 Å². The molecule has 1 aromatic heterocycles. The number of benzene rings is 2. The molecule has 0 aliphatic rings. The number of amides is 1. The van der Waals surface area contributed by atoms with E-state index in [9.17, 15) is 13.2 Å². The molecule has 0 aliphatic heterocycles. The third-order valence-corrected chi connectivity index (χ3v) is 6.11. The van der Waals surface area contributed by atoms with Crippen LogP contribution in [0.2, 0.25) is 0 Å². The lowest BCUT2D eigenvalue weighted by atomic mass is 10.1. The topological polar surface area (TPSA) is 94.0 Å². The van der Waals surface area contributed by atoms with Crippen molar-refractivity contribution in [3.05, 3.63) is 76.8 Å². The van der Waals surface area contributed by atoms with E-state index in [-0.39, 0.29) is 11.8 Å². The molecule has 1 unspecified atom stereocenters. The summed E-state index contributed by atoms with van der Waals surface area (Å²) in [6.45, 7) is 1.81. The summed E-state index contributed by atoms with van der Waals surface area (Å²) < 4.78 is 27.1. The average molecular weight is 463 g/mol. The van der Waals surface area contributed by atoms with Crippen LogP contribution in [0.3, 0.4) is 0 Å². The Kier molecular flexibility index (Phi) is 6.25. The minimum absolute atomic E-state index is 0.172. The molecule has 7 nitrogen and oxygen atoms in total. The van der Waals surface area contributed by atoms with Crippen molar-refractivity contribution in [1.29, 1.82) is 0 Å². The molecule has 0 fully saturated rings. The van der Waals surface area contributed by atoms with Gasteiger partial charge in [0.15, 0.2) is 9.84 Å². The van der Waals surface area contributed by atoms with Crippen LogP contribution in [0.15, 0.2) is 65.7 Å². The Labute approximate surface area is 171 Å². The Bertz CT molecular complexity index is 1030. The molecule has 28 heavy (non-hydrogen) atoms. The molecule has 3 aromatic rings. The van der Waals surface area contributed by atoms with E-state index in [4.69, 9.17) is 0 Å². The second-order valence-corrected chi connectivity index (χ2v) is 9.36. The van der Waals surface area contributed by atoms with Crippen LogP contribution in [0.4, 0.5) is 0 Å². The molecular weight excluding hydrogens is 444 g/mol. The zero-order valence-corrected chi connectivity index (χ0v) is 17.5. The van der Waals surface area contributed by atoms with E-state index in [2.05, 4.69) is 31.3 Å². The van der Waals surface area contributed by atoms with Gasteiger partial charge in [0.1, 0.15) is 18.4 Å². The SMILES string of the molecule is CC(NC(=O)CS(=O)(=O)Cc1ccc(Br)cc1)c1ccc(-n2cncn2)cc1. The monoisotopic (exact) mass is 462 g/mol. The third-order valence-electron chi connectivity index (χ3n) is 4.10. The van der Waals surface area contributed by atoms with Crippen molar-refractivity contribution in [3.63, 3.8) is 0 Å². The number of carbonyl (C=O) groups excluding carboxylic acids is 1. The average Bonchev–Trinajstić information content (AvgIpc) is 3.17. The number of hydrogen-bond acceptors (Lipinski definition) is 5. The standard InChI is InChI=1S/C19H19BrN4O3S/c1-14(16-4-8-18(9-5-16)24-13-21-12-22-24)23-19(25)11-28(26,27)10-15-2-6-17(20)7-3-15/h2-9,12-14H,10-11H2,1H3,(H,23,25). The van der Waals surface area contributed by atoms with E-state index >= 15 is 0 Å². The van der Waals surface area contributed by atoms with Crippen LogP contribution in [-0.2, 0) is 20.4 Å². The highest BCUT2D eigenvalue weighted by atomic mass is 79.9. The first-order valence-electron chi connectivity index (χ1n) is 8.51. The molecule has 0 radical (unpaired) electrons. The van der Waals surface area contributed by atoms with Crippen LogP contribution < -0.4 is 5.32 Å². The summed E-state index contributed by atoms with van der Waals surface area (Å²) in [7, 11) is -3.56. The minimum Gasteiger partial charge on any atom is -0.349 e. The number of aromatic nitrogens is 3. The molecule has 0 spiro atoms. The summed E-state index contributed by atoms with van der Waals surface area (Å²) in [6, 6.07) is 14.1. The van der Waals surface area contributed by atoms with Crippen molar-refractivity contribution in [2.45, 2.75) is 18.7 Å². The summed E-state index contributed by atoms with van der Waals surface area (Å²) in [5.74, 6) is -1.25. The molecule has 0 aliphatic carbocycles. The highest BCUT2D eigenvalue weighted by Gasteiger charge is 2.19. The van der Waals surface area contributed by atoms with Crippen molar-refractivity contribution < 1.29 is 13.2 Å². The van der Waals surface area contributed by atoms with Crippen molar-refractivity contribution >= 4 is 31.7 Å². The van der Waals surface area contributed by atoms with Crippen LogP contribution in [0.25, 0.3) is 5.69 Å². The first-order valence-corrected chi connectivity index (χ1v) is 11.1. The molecule has 2 aromatic carbocycles. The van der Waals surface area contributed by atoms with E-state index in [0.717, 1.165) is 15.7 Å². The van der Waals surface area contributed by atoms with Gasteiger partial charge >= 0.3 is 0 Å². The largest absolute Gasteiger partial charge is 0.349 e. The van der Waals surface area contributed by atoms with E-state index < -0.39 is 21.5 Å². The summed E-state index contributed by atoms with van der Waals surface area (Å²) in [5, 5.41) is 6.80. The van der Waals surface area contributed by atoms with Gasteiger partial charge in [-0.3, -0.25) is 4.79 Å². The Balaban J connectivity index is 1.58. The predicted octanol–water partition coefficient (Wildman–Crippen LogP) is 2.82. The highest BCUT2D eigenvalue weighted by molar-refractivity contribution is 9.10. The fourth-order valence-electron chi connectivity index (χ4n) is 2.71. The molecule has 146 valence electrons. The fraction of sp³-hybridized carbons (Fsp3) is 0.211. The van der Waals surface area contributed by atoms with Gasteiger partial charge in [-0.25, -0.2) is 18.1 Å². The van der Waals surface area contributed by atoms with Gasteiger partial charge < -0.3 is 5.32 Å². The van der Waals surface area contributed by atoms with E-state index in [0.29, 0.717) is 5.56 Å². The van der Waals surface area contributed by atoms with Crippen LogP contribution in [0.1, 0.15) is 24.1 Å². The normalized spacial score (nSPS) is 12.5. The van der Waals surface area contributed by atoms with Gasteiger partial charge in [-0.15, -0.1) is 0 Å². The lowest BCUT2D eigenvalue weighted by Gasteiger charge is -2.15. The summed E-state index contributed by atoms with van der Waals surface area (Å²) in [5.41, 5.74) is 2.35. The van der Waals surface area contributed by atoms with Crippen molar-refractivity contribution in [3.8, 4) is 5.69 Å². The number of halogens is 1. The predicted molar refractivity (Wildman–Crippen MR) is 110 cm³/mol. The molecule has 1 N–H and O–H groups in total. The van der Waals surface area contributed by atoms with Gasteiger partial charge in [-0.05, 0) is 42.3 Å². The number of hydrogen-bond donors (Lipinski definition) is 1. The molecule has 0 bridgehead atoms. The summed E-state index contributed by atoms with van der Waals surface area (Å²) in [4.78, 5) is 16.1. The van der Waals surface area contributed by atoms with Gasteiger partial charge in [-0.1, -0.05) is 40.2 Å². The van der Waals surface area contributed by atoms with E-state index in [1.165, 1.54) is 6.33 Å². The number of carbonyl (C=O) groups is 1. The van der Waals surface area contributed by atoms with Crippen LogP contribution in [0, 0.1) is 0 Å². The highest BCUT2D eigenvalue weighted by Crippen LogP contribution is 2.16. The maximum Gasteiger partial charge on any atom is 0.235 e. The van der Waals surface area contributed by atoms with Crippen LogP contribution in [-0.4, -0.2) is 34.8 Å². The lowest BCUT2D eigenvalue weighted by molar-refractivity contribution is -0.119. The Morgan fingerprint density at radius 2 is 1.82 bits per heavy atom. The summed E-state index contributed by atoms with van der Waals surface area (Å²) >= 11 is 3.31. The fourth-order valence-corrected chi connectivity index (χ4v) is 4.26. The molecule has 1 heterocycles. The molecule has 1 amide bonds. The maximum atomic E-state index is 12.3. The first kappa shape index (κ1) is 20.2. The number of nitrogens with one attached hydrogen (secondary N) is 1. The number of sulfone groups is 1. The second kappa shape index (κ2) is 8.66. The molecule has 9 heteroatoms. The quantitative estimate of drug-likeness (QED) is 0.582. The smallest absolute Gasteiger partial charge is 0.235 e. The second-order valence-electron chi connectivity index (χ2n) is 6.38. The van der Waals surface area contributed by atoms with Gasteiger partial charge in [-0.2, -0.15) is 5.10 Å². The Hall–Kier alpha value is -2.52. The van der Waals surface area contributed by atoms with Crippen molar-refractivity contribution in [1.82, 2.24) is 20.1 Å². The molecule has 3 rings (SSSR count). The molecule has 0 saturated carbocycles. The third kappa shape index (κ3) is 5.49. The lowest BCUT2D eigenvalue weighted by Crippen LogP contribution is -2.32. The van der Waals surface area contributed by atoms with Crippen molar-refractivity contribution in [2.24, 2.45) is 0 Å². The van der Waals surface area contributed by atoms with Crippen LogP contribution in [0.5, 0.6) is 0 Å². The Morgan fingerprint density at radius 3 is 2.43 bits per heavy atom. The maximum absolute atomic E-state index is 12.3. The number of nitrogens with zero attached hydrogens (tertiary/aromatic N) is 3. The van der Waals surface area contributed by atoms with E-state index in [1.54, 1.807) is 35.3 Å².